The molecule has 0 fully saturated rings. The minimum Gasteiger partial charge on any atom is -0.495 e. The van der Waals surface area contributed by atoms with Gasteiger partial charge in [0.05, 0.1) is 24.7 Å². The molecule has 0 spiro atoms. The number of benzene rings is 2. The summed E-state index contributed by atoms with van der Waals surface area (Å²) in [6.45, 7) is 1.43. The average molecular weight is 401 g/mol. The summed E-state index contributed by atoms with van der Waals surface area (Å²) in [6.07, 6.45) is 0.972. The number of nitrogens with one attached hydrogen (secondary N) is 1. The van der Waals surface area contributed by atoms with Crippen LogP contribution in [0.1, 0.15) is 6.92 Å². The van der Waals surface area contributed by atoms with Crippen molar-refractivity contribution < 1.29 is 22.3 Å². The van der Waals surface area contributed by atoms with E-state index in [0.29, 0.717) is 16.5 Å². The van der Waals surface area contributed by atoms with Gasteiger partial charge in [-0.25, -0.2) is 12.8 Å². The summed E-state index contributed by atoms with van der Waals surface area (Å²) in [7, 11) is -2.36. The number of sulfonamides is 1. The number of methoxy groups -OCH3 is 1. The number of hydrogen-bond donors (Lipinski definition) is 1. The second kappa shape index (κ2) is 7.92. The first-order valence-electron chi connectivity index (χ1n) is 7.53. The van der Waals surface area contributed by atoms with Crippen molar-refractivity contribution in [2.75, 3.05) is 23.0 Å². The minimum absolute atomic E-state index is 0.176. The number of carbonyl (C=O) groups excluding carboxylic acids is 1. The van der Waals surface area contributed by atoms with Crippen LogP contribution in [0.25, 0.3) is 0 Å². The van der Waals surface area contributed by atoms with E-state index in [-0.39, 0.29) is 5.69 Å². The van der Waals surface area contributed by atoms with Crippen molar-refractivity contribution in [1.82, 2.24) is 0 Å². The van der Waals surface area contributed by atoms with Gasteiger partial charge in [0, 0.05) is 5.02 Å². The van der Waals surface area contributed by atoms with Gasteiger partial charge < -0.3 is 10.1 Å². The van der Waals surface area contributed by atoms with Gasteiger partial charge in [-0.05, 0) is 49.4 Å². The Hall–Kier alpha value is -2.32. The zero-order valence-corrected chi connectivity index (χ0v) is 15.9. The molecule has 140 valence electrons. The van der Waals surface area contributed by atoms with Crippen LogP contribution >= 0.6 is 11.6 Å². The highest BCUT2D eigenvalue weighted by Crippen LogP contribution is 2.29. The summed E-state index contributed by atoms with van der Waals surface area (Å²) in [6, 6.07) is 8.40. The standard InChI is InChI=1S/C17H18ClFN2O4S/c1-11(17(22)20-15-10-12(18)4-9-16(15)25-2)21(26(3,23)24)14-7-5-13(19)6-8-14/h4-11H,1-3H3,(H,20,22)/t11-/m1/s1. The van der Waals surface area contributed by atoms with Gasteiger partial charge in [-0.1, -0.05) is 11.6 Å². The van der Waals surface area contributed by atoms with Gasteiger partial charge >= 0.3 is 0 Å². The molecule has 0 aliphatic heterocycles. The predicted molar refractivity (Wildman–Crippen MR) is 99.8 cm³/mol. The van der Waals surface area contributed by atoms with Crippen molar-refractivity contribution in [3.8, 4) is 5.75 Å². The topological polar surface area (TPSA) is 75.7 Å². The molecule has 1 atom stereocenters. The highest BCUT2D eigenvalue weighted by atomic mass is 35.5. The summed E-state index contributed by atoms with van der Waals surface area (Å²) in [5, 5.41) is 2.99. The van der Waals surface area contributed by atoms with Crippen LogP contribution in [0.2, 0.25) is 5.02 Å². The lowest BCUT2D eigenvalue weighted by Gasteiger charge is -2.28. The van der Waals surface area contributed by atoms with Gasteiger partial charge in [-0.3, -0.25) is 9.10 Å². The van der Waals surface area contributed by atoms with Gasteiger partial charge in [0.1, 0.15) is 17.6 Å². The minimum atomic E-state index is -3.80. The fourth-order valence-corrected chi connectivity index (χ4v) is 3.76. The Morgan fingerprint density at radius 2 is 1.85 bits per heavy atom. The third kappa shape index (κ3) is 4.64. The number of anilines is 2. The monoisotopic (exact) mass is 400 g/mol. The largest absolute Gasteiger partial charge is 0.495 e. The molecule has 0 radical (unpaired) electrons. The van der Waals surface area contributed by atoms with Crippen LogP contribution in [-0.4, -0.2) is 33.7 Å². The van der Waals surface area contributed by atoms with Crippen molar-refractivity contribution in [3.05, 3.63) is 53.3 Å². The zero-order valence-electron chi connectivity index (χ0n) is 14.4. The predicted octanol–water partition coefficient (Wildman–Crippen LogP) is 3.28. The number of halogens is 2. The second-order valence-corrected chi connectivity index (χ2v) is 7.84. The molecule has 0 heterocycles. The van der Waals surface area contributed by atoms with Crippen LogP contribution in [0.4, 0.5) is 15.8 Å². The fourth-order valence-electron chi connectivity index (χ4n) is 2.41. The quantitative estimate of drug-likeness (QED) is 0.807. The maximum Gasteiger partial charge on any atom is 0.248 e. The SMILES string of the molecule is COc1ccc(Cl)cc1NC(=O)[C@@H](C)N(c1ccc(F)cc1)S(C)(=O)=O. The van der Waals surface area contributed by atoms with E-state index >= 15 is 0 Å². The molecule has 2 aromatic rings. The van der Waals surface area contributed by atoms with Gasteiger partial charge in [0.15, 0.2) is 0 Å². The lowest BCUT2D eigenvalue weighted by Crippen LogP contribution is -2.45. The molecule has 1 amide bonds. The molecule has 1 N–H and O–H groups in total. The highest BCUT2D eigenvalue weighted by Gasteiger charge is 2.29. The third-order valence-corrected chi connectivity index (χ3v) is 5.07. The Morgan fingerprint density at radius 1 is 1.23 bits per heavy atom. The van der Waals surface area contributed by atoms with E-state index in [2.05, 4.69) is 5.32 Å². The normalized spacial score (nSPS) is 12.3. The molecule has 0 unspecified atom stereocenters. The third-order valence-electron chi connectivity index (χ3n) is 3.59. The summed E-state index contributed by atoms with van der Waals surface area (Å²) in [4.78, 5) is 12.6. The molecule has 0 bridgehead atoms. The Balaban J connectivity index is 2.34. The van der Waals surface area contributed by atoms with Gasteiger partial charge in [-0.15, -0.1) is 0 Å². The molecular weight excluding hydrogens is 383 g/mol. The first kappa shape index (κ1) is 20.0. The van der Waals surface area contributed by atoms with Crippen molar-refractivity contribution in [2.45, 2.75) is 13.0 Å². The van der Waals surface area contributed by atoms with Crippen LogP contribution in [0.15, 0.2) is 42.5 Å². The summed E-state index contributed by atoms with van der Waals surface area (Å²) in [5.41, 5.74) is 0.485. The smallest absolute Gasteiger partial charge is 0.248 e. The Kier molecular flexibility index (Phi) is 6.09. The van der Waals surface area contributed by atoms with E-state index in [1.807, 2.05) is 0 Å². The highest BCUT2D eigenvalue weighted by molar-refractivity contribution is 7.92. The van der Waals surface area contributed by atoms with Crippen LogP contribution in [0.5, 0.6) is 5.75 Å². The summed E-state index contributed by atoms with van der Waals surface area (Å²) < 4.78 is 43.6. The van der Waals surface area contributed by atoms with E-state index in [0.717, 1.165) is 22.7 Å². The maximum absolute atomic E-state index is 13.1. The first-order valence-corrected chi connectivity index (χ1v) is 9.75. The molecule has 6 nitrogen and oxygen atoms in total. The zero-order chi connectivity index (χ0) is 19.5. The van der Waals surface area contributed by atoms with E-state index in [1.165, 1.54) is 32.2 Å². The number of carbonyl (C=O) groups is 1. The number of hydrogen-bond acceptors (Lipinski definition) is 4. The molecule has 0 saturated carbocycles. The number of nitrogens with zero attached hydrogens (tertiary/aromatic N) is 1. The summed E-state index contributed by atoms with van der Waals surface area (Å²) >= 11 is 5.93. The molecule has 2 rings (SSSR count). The Labute approximate surface area is 156 Å². The molecule has 0 saturated heterocycles. The molecule has 0 aliphatic rings. The lowest BCUT2D eigenvalue weighted by molar-refractivity contribution is -0.116. The van der Waals surface area contributed by atoms with Crippen molar-refractivity contribution in [2.24, 2.45) is 0 Å². The van der Waals surface area contributed by atoms with Crippen molar-refractivity contribution in [3.63, 3.8) is 0 Å². The van der Waals surface area contributed by atoms with Crippen LogP contribution in [0, 0.1) is 5.82 Å². The molecule has 26 heavy (non-hydrogen) atoms. The fraction of sp³-hybridized carbons (Fsp3) is 0.235. The van der Waals surface area contributed by atoms with Crippen molar-refractivity contribution >= 4 is 38.9 Å². The van der Waals surface area contributed by atoms with Crippen LogP contribution in [-0.2, 0) is 14.8 Å². The van der Waals surface area contributed by atoms with E-state index < -0.39 is 27.8 Å². The Morgan fingerprint density at radius 3 is 2.38 bits per heavy atom. The first-order chi connectivity index (χ1) is 12.1. The molecule has 9 heteroatoms. The van der Waals surface area contributed by atoms with E-state index in [9.17, 15) is 17.6 Å². The molecule has 0 aliphatic carbocycles. The van der Waals surface area contributed by atoms with E-state index in [1.54, 1.807) is 12.1 Å². The average Bonchev–Trinajstić information content (AvgIpc) is 2.55. The molecule has 0 aromatic heterocycles. The second-order valence-electron chi connectivity index (χ2n) is 5.55. The lowest BCUT2D eigenvalue weighted by atomic mass is 10.2. The number of rotatable bonds is 6. The molecular formula is C17H18ClFN2O4S. The van der Waals surface area contributed by atoms with E-state index in [4.69, 9.17) is 16.3 Å². The number of ether oxygens (including phenoxy) is 1. The summed E-state index contributed by atoms with van der Waals surface area (Å²) in [5.74, 6) is -0.731. The number of amides is 1. The van der Waals surface area contributed by atoms with Gasteiger partial charge in [-0.2, -0.15) is 0 Å². The van der Waals surface area contributed by atoms with Crippen LogP contribution < -0.4 is 14.4 Å². The van der Waals surface area contributed by atoms with Crippen LogP contribution in [0.3, 0.4) is 0 Å². The maximum atomic E-state index is 13.1. The Bertz CT molecular complexity index is 903. The van der Waals surface area contributed by atoms with Crippen molar-refractivity contribution in [1.29, 1.82) is 0 Å². The molecule has 2 aromatic carbocycles. The van der Waals surface area contributed by atoms with Gasteiger partial charge in [0.25, 0.3) is 0 Å². The van der Waals surface area contributed by atoms with Gasteiger partial charge in [0.2, 0.25) is 15.9 Å².